The Morgan fingerprint density at radius 3 is 2.42 bits per heavy atom. The number of hydrogen-bond donors (Lipinski definition) is 0. The summed E-state index contributed by atoms with van der Waals surface area (Å²) in [6.07, 6.45) is 5.09. The molecular weight excluding hydrogens is 388 g/mol. The maximum atomic E-state index is 13.4. The average molecular weight is 419 g/mol. The van der Waals surface area contributed by atoms with Crippen molar-refractivity contribution >= 4 is 16.8 Å². The first kappa shape index (κ1) is 20.3. The van der Waals surface area contributed by atoms with Crippen molar-refractivity contribution in [2.45, 2.75) is 37.4 Å². The molecule has 162 valence electrons. The lowest BCUT2D eigenvalue weighted by Gasteiger charge is -2.38. The summed E-state index contributed by atoms with van der Waals surface area (Å²) in [5.74, 6) is -0.0897. The predicted molar refractivity (Wildman–Crippen MR) is 121 cm³/mol. The van der Waals surface area contributed by atoms with Crippen molar-refractivity contribution in [3.63, 3.8) is 0 Å². The van der Waals surface area contributed by atoms with Crippen LogP contribution in [0.3, 0.4) is 0 Å². The first-order chi connectivity index (χ1) is 15.1. The Labute approximate surface area is 183 Å². The maximum Gasteiger partial charge on any atom is 0.223 e. The lowest BCUT2D eigenvalue weighted by Crippen LogP contribution is -2.47. The Balaban J connectivity index is 1.37. The molecule has 1 aromatic heterocycles. The zero-order valence-electron chi connectivity index (χ0n) is 18.1. The number of hydrogen-bond acceptors (Lipinski definition) is 3. The fraction of sp³-hybridized carbons (Fsp3) is 0.423. The number of aryl methyl sites for hydroxylation is 1. The second-order valence-electron chi connectivity index (χ2n) is 8.79. The van der Waals surface area contributed by atoms with E-state index < -0.39 is 5.79 Å². The van der Waals surface area contributed by atoms with Gasteiger partial charge >= 0.3 is 0 Å². The van der Waals surface area contributed by atoms with Gasteiger partial charge in [0, 0.05) is 56.5 Å². The van der Waals surface area contributed by atoms with Gasteiger partial charge in [-0.15, -0.1) is 0 Å². The van der Waals surface area contributed by atoms with Crippen LogP contribution in [0.2, 0.25) is 0 Å². The monoisotopic (exact) mass is 418 g/mol. The van der Waals surface area contributed by atoms with Crippen LogP contribution in [0.4, 0.5) is 0 Å². The van der Waals surface area contributed by atoms with Gasteiger partial charge in [0.05, 0.1) is 13.2 Å². The van der Waals surface area contributed by atoms with Gasteiger partial charge < -0.3 is 18.9 Å². The molecular formula is C26H30N2O3. The predicted octanol–water partition coefficient (Wildman–Crippen LogP) is 4.26. The van der Waals surface area contributed by atoms with Gasteiger partial charge in [0.1, 0.15) is 0 Å². The van der Waals surface area contributed by atoms with Crippen LogP contribution in [0, 0.1) is 0 Å². The van der Waals surface area contributed by atoms with Crippen LogP contribution in [0.5, 0.6) is 0 Å². The van der Waals surface area contributed by atoms with Crippen molar-refractivity contribution in [1.29, 1.82) is 0 Å². The van der Waals surface area contributed by atoms with Gasteiger partial charge in [0.15, 0.2) is 5.79 Å². The molecule has 1 amide bonds. The van der Waals surface area contributed by atoms with Crippen molar-refractivity contribution in [3.05, 3.63) is 71.9 Å². The summed E-state index contributed by atoms with van der Waals surface area (Å²) in [6, 6.07) is 19.0. The number of nitrogens with zero attached hydrogens (tertiary/aromatic N) is 2. The Morgan fingerprint density at radius 2 is 1.68 bits per heavy atom. The quantitative estimate of drug-likeness (QED) is 0.622. The van der Waals surface area contributed by atoms with Gasteiger partial charge in [-0.05, 0) is 29.5 Å². The van der Waals surface area contributed by atoms with Crippen LogP contribution in [-0.4, -0.2) is 47.5 Å². The Hall–Kier alpha value is -2.63. The number of amides is 1. The lowest BCUT2D eigenvalue weighted by atomic mass is 9.88. The number of piperidine rings is 1. The Kier molecular flexibility index (Phi) is 5.55. The number of aromatic nitrogens is 1. The van der Waals surface area contributed by atoms with Crippen LogP contribution in [0.1, 0.15) is 36.3 Å². The molecule has 2 fully saturated rings. The number of rotatable bonds is 5. The van der Waals surface area contributed by atoms with Crippen LogP contribution < -0.4 is 0 Å². The minimum absolute atomic E-state index is 0.135. The van der Waals surface area contributed by atoms with Crippen molar-refractivity contribution in [2.24, 2.45) is 7.05 Å². The van der Waals surface area contributed by atoms with Gasteiger partial charge in [0.25, 0.3) is 0 Å². The van der Waals surface area contributed by atoms with Gasteiger partial charge in [-0.1, -0.05) is 48.5 Å². The van der Waals surface area contributed by atoms with Crippen molar-refractivity contribution in [2.75, 3.05) is 26.3 Å². The van der Waals surface area contributed by atoms with E-state index in [9.17, 15) is 4.79 Å². The molecule has 0 radical (unpaired) electrons. The molecule has 2 saturated heterocycles. The van der Waals surface area contributed by atoms with Crippen molar-refractivity contribution in [3.8, 4) is 0 Å². The number of likely N-dealkylation sites (tertiary alicyclic amines) is 1. The molecule has 2 aromatic carbocycles. The van der Waals surface area contributed by atoms with E-state index in [0.717, 1.165) is 19.3 Å². The highest BCUT2D eigenvalue weighted by molar-refractivity contribution is 5.86. The second-order valence-corrected chi connectivity index (χ2v) is 8.79. The fourth-order valence-electron chi connectivity index (χ4n) is 5.11. The third-order valence-corrected chi connectivity index (χ3v) is 6.81. The van der Waals surface area contributed by atoms with Crippen LogP contribution in [0.15, 0.2) is 60.8 Å². The van der Waals surface area contributed by atoms with Crippen LogP contribution >= 0.6 is 0 Å². The fourth-order valence-corrected chi connectivity index (χ4v) is 5.11. The third kappa shape index (κ3) is 4.12. The maximum absolute atomic E-state index is 13.4. The normalized spacial score (nSPS) is 19.2. The minimum Gasteiger partial charge on any atom is -0.350 e. The summed E-state index contributed by atoms with van der Waals surface area (Å²) in [5, 5.41) is 1.24. The summed E-state index contributed by atoms with van der Waals surface area (Å²) >= 11 is 0. The molecule has 0 aliphatic carbocycles. The molecule has 5 nitrogen and oxygen atoms in total. The number of carbonyl (C=O) groups is 1. The third-order valence-electron chi connectivity index (χ3n) is 6.81. The van der Waals surface area contributed by atoms with E-state index in [1.165, 1.54) is 22.0 Å². The molecule has 1 unspecified atom stereocenters. The molecule has 2 aliphatic rings. The van der Waals surface area contributed by atoms with Crippen LogP contribution in [0.25, 0.3) is 10.9 Å². The number of fused-ring (bicyclic) bond motifs is 1. The number of benzene rings is 2. The highest BCUT2D eigenvalue weighted by Crippen LogP contribution is 2.35. The first-order valence-electron chi connectivity index (χ1n) is 11.3. The molecule has 3 aromatic rings. The summed E-state index contributed by atoms with van der Waals surface area (Å²) in [5.41, 5.74) is 3.73. The molecule has 1 atom stereocenters. The van der Waals surface area contributed by atoms with Gasteiger partial charge in [-0.3, -0.25) is 4.79 Å². The summed E-state index contributed by atoms with van der Waals surface area (Å²) in [6.45, 7) is 2.72. The van der Waals surface area contributed by atoms with Crippen molar-refractivity contribution < 1.29 is 14.3 Å². The highest BCUT2D eigenvalue weighted by atomic mass is 16.7. The minimum atomic E-state index is -0.449. The number of ether oxygens (including phenoxy) is 2. The van der Waals surface area contributed by atoms with E-state index in [-0.39, 0.29) is 11.8 Å². The summed E-state index contributed by atoms with van der Waals surface area (Å²) < 4.78 is 13.8. The summed E-state index contributed by atoms with van der Waals surface area (Å²) in [7, 11) is 2.08. The molecule has 0 saturated carbocycles. The van der Waals surface area contributed by atoms with E-state index in [0.29, 0.717) is 32.7 Å². The SMILES string of the molecule is Cn1cc(C(CC(=O)N2CCC3(CC2)OCCO3)Cc2ccccc2)c2ccccc21. The topological polar surface area (TPSA) is 43.7 Å². The smallest absolute Gasteiger partial charge is 0.223 e. The van der Waals surface area contributed by atoms with E-state index in [2.05, 4.69) is 66.3 Å². The van der Waals surface area contributed by atoms with Crippen LogP contribution in [-0.2, 0) is 27.7 Å². The molecule has 5 heteroatoms. The van der Waals surface area contributed by atoms with Gasteiger partial charge in [-0.2, -0.15) is 0 Å². The molecule has 0 bridgehead atoms. The van der Waals surface area contributed by atoms with E-state index in [1.54, 1.807) is 0 Å². The molecule has 3 heterocycles. The van der Waals surface area contributed by atoms with E-state index in [1.807, 2.05) is 11.0 Å². The molecule has 2 aliphatic heterocycles. The lowest BCUT2D eigenvalue weighted by molar-refractivity contribution is -0.187. The Morgan fingerprint density at radius 1 is 1.00 bits per heavy atom. The summed E-state index contributed by atoms with van der Waals surface area (Å²) in [4.78, 5) is 15.4. The average Bonchev–Trinajstić information content (AvgIpc) is 3.39. The Bertz CT molecular complexity index is 1040. The standard InChI is InChI=1S/C26H30N2O3/c1-27-19-23(22-9-5-6-10-24(22)27)21(17-20-7-3-2-4-8-20)18-25(29)28-13-11-26(12-14-28)30-15-16-31-26/h2-10,19,21H,11-18H2,1H3. The molecule has 31 heavy (non-hydrogen) atoms. The molecule has 0 N–H and O–H groups in total. The molecule has 1 spiro atoms. The second kappa shape index (κ2) is 8.48. The van der Waals surface area contributed by atoms with Crippen molar-refractivity contribution in [1.82, 2.24) is 9.47 Å². The molecule has 5 rings (SSSR count). The highest BCUT2D eigenvalue weighted by Gasteiger charge is 2.41. The van der Waals surface area contributed by atoms with E-state index >= 15 is 0 Å². The van der Waals surface area contributed by atoms with Gasteiger partial charge in [-0.25, -0.2) is 0 Å². The zero-order valence-corrected chi connectivity index (χ0v) is 18.1. The first-order valence-corrected chi connectivity index (χ1v) is 11.3. The number of carbonyl (C=O) groups excluding carboxylic acids is 1. The largest absolute Gasteiger partial charge is 0.350 e. The van der Waals surface area contributed by atoms with E-state index in [4.69, 9.17) is 9.47 Å². The zero-order chi connectivity index (χ0) is 21.3. The number of para-hydroxylation sites is 1. The van der Waals surface area contributed by atoms with Gasteiger partial charge in [0.2, 0.25) is 5.91 Å².